The lowest BCUT2D eigenvalue weighted by molar-refractivity contribution is -0.175. The van der Waals surface area contributed by atoms with Gasteiger partial charge in [-0.25, -0.2) is 13.6 Å². The smallest absolute Gasteiger partial charge is 0.379 e. The van der Waals surface area contributed by atoms with Crippen LogP contribution in [0.5, 0.6) is 0 Å². The van der Waals surface area contributed by atoms with Crippen molar-refractivity contribution in [3.63, 3.8) is 0 Å². The van der Waals surface area contributed by atoms with Gasteiger partial charge in [-0.2, -0.15) is 8.78 Å². The average Bonchev–Trinajstić information content (AvgIpc) is 2.28. The molecule has 1 aromatic rings. The van der Waals surface area contributed by atoms with Crippen LogP contribution in [-0.2, 0) is 9.53 Å². The molecule has 100 valence electrons. The largest absolute Gasteiger partial charge is 0.462 e. The third-order valence-corrected chi connectivity index (χ3v) is 2.25. The molecule has 0 aliphatic heterocycles. The number of hydrogen-bond acceptors (Lipinski definition) is 3. The molecule has 0 bridgehead atoms. The molecule has 0 spiro atoms. The monoisotopic (exact) mass is 265 g/mol. The zero-order valence-electron chi connectivity index (χ0n) is 9.42. The molecule has 0 aliphatic rings. The van der Waals surface area contributed by atoms with Crippen LogP contribution < -0.4 is 5.73 Å². The van der Waals surface area contributed by atoms with Gasteiger partial charge in [0.1, 0.15) is 17.7 Å². The van der Waals surface area contributed by atoms with E-state index in [1.807, 2.05) is 0 Å². The molecule has 7 heteroatoms. The van der Waals surface area contributed by atoms with Gasteiger partial charge in [0.05, 0.1) is 6.61 Å². The van der Waals surface area contributed by atoms with E-state index in [0.717, 1.165) is 18.2 Å². The fraction of sp³-hybridized carbons (Fsp3) is 0.364. The number of alkyl halides is 2. The van der Waals surface area contributed by atoms with Crippen LogP contribution in [0.3, 0.4) is 0 Å². The van der Waals surface area contributed by atoms with E-state index in [0.29, 0.717) is 0 Å². The standard InChI is InChI=1S/C11H11F4NO2/c1-2-18-10(17)11(14,15)9(16)8-6(12)4-3-5-7(8)13/h3-5,9H,2,16H2,1H3/t9-/m1/s1. The van der Waals surface area contributed by atoms with Crippen molar-refractivity contribution in [1.82, 2.24) is 0 Å². The zero-order chi connectivity index (χ0) is 13.9. The number of halogens is 4. The number of nitrogens with two attached hydrogens (primary N) is 1. The molecular formula is C11H11F4NO2. The van der Waals surface area contributed by atoms with Crippen molar-refractivity contribution in [2.24, 2.45) is 5.73 Å². The topological polar surface area (TPSA) is 52.3 Å². The lowest BCUT2D eigenvalue weighted by atomic mass is 10.0. The first-order chi connectivity index (χ1) is 8.32. The summed E-state index contributed by atoms with van der Waals surface area (Å²) in [5.41, 5.74) is 4.03. The maximum Gasteiger partial charge on any atom is 0.379 e. The van der Waals surface area contributed by atoms with Crippen LogP contribution in [0.15, 0.2) is 18.2 Å². The van der Waals surface area contributed by atoms with Crippen LogP contribution in [0.1, 0.15) is 18.5 Å². The SMILES string of the molecule is CCOC(=O)C(F)(F)[C@H](N)c1c(F)cccc1F. The Morgan fingerprint density at radius 2 is 1.89 bits per heavy atom. The van der Waals surface area contributed by atoms with Crippen LogP contribution in [0, 0.1) is 11.6 Å². The molecule has 0 saturated heterocycles. The third-order valence-electron chi connectivity index (χ3n) is 2.25. The number of rotatable bonds is 4. The van der Waals surface area contributed by atoms with Crippen molar-refractivity contribution >= 4 is 5.97 Å². The number of benzene rings is 1. The van der Waals surface area contributed by atoms with Crippen LogP contribution in [-0.4, -0.2) is 18.5 Å². The Labute approximate surface area is 101 Å². The van der Waals surface area contributed by atoms with Gasteiger partial charge in [0.25, 0.3) is 0 Å². The minimum Gasteiger partial charge on any atom is -0.462 e. The van der Waals surface area contributed by atoms with E-state index < -0.39 is 35.1 Å². The van der Waals surface area contributed by atoms with Crippen LogP contribution in [0.2, 0.25) is 0 Å². The molecule has 1 atom stereocenters. The minimum atomic E-state index is -4.21. The lowest BCUT2D eigenvalue weighted by Gasteiger charge is -2.22. The van der Waals surface area contributed by atoms with Gasteiger partial charge >= 0.3 is 11.9 Å². The molecule has 0 amide bonds. The Morgan fingerprint density at radius 1 is 1.39 bits per heavy atom. The second kappa shape index (κ2) is 5.34. The Morgan fingerprint density at radius 3 is 2.33 bits per heavy atom. The highest BCUT2D eigenvalue weighted by atomic mass is 19.3. The molecular weight excluding hydrogens is 254 g/mol. The minimum absolute atomic E-state index is 0.291. The van der Waals surface area contributed by atoms with Gasteiger partial charge in [-0.15, -0.1) is 0 Å². The molecule has 18 heavy (non-hydrogen) atoms. The van der Waals surface area contributed by atoms with Crippen molar-refractivity contribution in [2.75, 3.05) is 6.61 Å². The predicted octanol–water partition coefficient (Wildman–Crippen LogP) is 2.16. The van der Waals surface area contributed by atoms with Crippen LogP contribution in [0.4, 0.5) is 17.6 Å². The van der Waals surface area contributed by atoms with Gasteiger partial charge in [0.2, 0.25) is 0 Å². The fourth-order valence-electron chi connectivity index (χ4n) is 1.34. The van der Waals surface area contributed by atoms with Crippen molar-refractivity contribution in [2.45, 2.75) is 18.9 Å². The van der Waals surface area contributed by atoms with E-state index in [2.05, 4.69) is 4.74 Å². The molecule has 0 fully saturated rings. The summed E-state index contributed by atoms with van der Waals surface area (Å²) in [5, 5.41) is 0. The Bertz CT molecular complexity index is 430. The molecule has 0 aliphatic carbocycles. The van der Waals surface area contributed by atoms with E-state index in [9.17, 15) is 22.4 Å². The first kappa shape index (κ1) is 14.4. The van der Waals surface area contributed by atoms with E-state index in [1.54, 1.807) is 0 Å². The van der Waals surface area contributed by atoms with Crippen LogP contribution >= 0.6 is 0 Å². The molecule has 2 N–H and O–H groups in total. The summed E-state index contributed by atoms with van der Waals surface area (Å²) in [7, 11) is 0. The Hall–Kier alpha value is -1.63. The Balaban J connectivity index is 3.13. The van der Waals surface area contributed by atoms with E-state index in [4.69, 9.17) is 5.73 Å². The first-order valence-electron chi connectivity index (χ1n) is 5.06. The fourth-order valence-corrected chi connectivity index (χ4v) is 1.34. The molecule has 0 heterocycles. The molecule has 1 rings (SSSR count). The van der Waals surface area contributed by atoms with Crippen molar-refractivity contribution in [3.8, 4) is 0 Å². The lowest BCUT2D eigenvalue weighted by Crippen LogP contribution is -2.42. The highest BCUT2D eigenvalue weighted by molar-refractivity contribution is 5.78. The number of carbonyl (C=O) groups is 1. The summed E-state index contributed by atoms with van der Waals surface area (Å²) in [6.45, 7) is 1.03. The van der Waals surface area contributed by atoms with E-state index >= 15 is 0 Å². The summed E-state index contributed by atoms with van der Waals surface area (Å²) in [6, 6.07) is 0.111. The molecule has 1 aromatic carbocycles. The summed E-state index contributed by atoms with van der Waals surface area (Å²) < 4.78 is 57.7. The highest BCUT2D eigenvalue weighted by Crippen LogP contribution is 2.33. The molecule has 0 unspecified atom stereocenters. The maximum atomic E-state index is 13.5. The van der Waals surface area contributed by atoms with Crippen LogP contribution in [0.25, 0.3) is 0 Å². The summed E-state index contributed by atoms with van der Waals surface area (Å²) in [4.78, 5) is 11.0. The van der Waals surface area contributed by atoms with Gasteiger partial charge in [0, 0.05) is 5.56 Å². The van der Waals surface area contributed by atoms with Gasteiger partial charge in [-0.1, -0.05) is 6.07 Å². The van der Waals surface area contributed by atoms with Gasteiger partial charge < -0.3 is 10.5 Å². The highest BCUT2D eigenvalue weighted by Gasteiger charge is 2.49. The van der Waals surface area contributed by atoms with Crippen molar-refractivity contribution < 1.29 is 27.1 Å². The average molecular weight is 265 g/mol. The quantitative estimate of drug-likeness (QED) is 0.670. The van der Waals surface area contributed by atoms with Gasteiger partial charge in [-0.05, 0) is 19.1 Å². The molecule has 0 saturated carbocycles. The maximum absolute atomic E-state index is 13.5. The zero-order valence-corrected chi connectivity index (χ0v) is 9.42. The summed E-state index contributed by atoms with van der Waals surface area (Å²) in [6.07, 6.45) is 0. The summed E-state index contributed by atoms with van der Waals surface area (Å²) >= 11 is 0. The normalized spacial score (nSPS) is 13.2. The predicted molar refractivity (Wildman–Crippen MR) is 54.9 cm³/mol. The second-order valence-corrected chi connectivity index (χ2v) is 3.46. The number of carbonyl (C=O) groups excluding carboxylic acids is 1. The molecule has 3 nitrogen and oxygen atoms in total. The van der Waals surface area contributed by atoms with Gasteiger partial charge in [0.15, 0.2) is 0 Å². The number of hydrogen-bond donors (Lipinski definition) is 1. The van der Waals surface area contributed by atoms with E-state index in [-0.39, 0.29) is 6.61 Å². The molecule has 0 aromatic heterocycles. The summed E-state index contributed by atoms with van der Waals surface area (Å²) in [5.74, 6) is -8.61. The first-order valence-corrected chi connectivity index (χ1v) is 5.06. The molecule has 0 radical (unpaired) electrons. The number of esters is 1. The third kappa shape index (κ3) is 2.61. The van der Waals surface area contributed by atoms with Crippen molar-refractivity contribution in [1.29, 1.82) is 0 Å². The van der Waals surface area contributed by atoms with Gasteiger partial charge in [-0.3, -0.25) is 0 Å². The van der Waals surface area contributed by atoms with E-state index in [1.165, 1.54) is 6.92 Å². The number of ether oxygens (including phenoxy) is 1. The van der Waals surface area contributed by atoms with Crippen molar-refractivity contribution in [3.05, 3.63) is 35.4 Å². The Kier molecular flexibility index (Phi) is 4.28. The second-order valence-electron chi connectivity index (χ2n) is 3.46.